The third-order valence-corrected chi connectivity index (χ3v) is 4.95. The molecule has 2 N–H and O–H groups in total. The molecule has 1 unspecified atom stereocenters. The Morgan fingerprint density at radius 3 is 2.71 bits per heavy atom. The van der Waals surface area contributed by atoms with Crippen molar-refractivity contribution >= 4 is 11.3 Å². The largest absolute Gasteiger partial charge is 0.329 e. The quantitative estimate of drug-likeness (QED) is 0.846. The number of thiazole rings is 1. The molecule has 4 heteroatoms. The van der Waals surface area contributed by atoms with Gasteiger partial charge in [-0.15, -0.1) is 11.3 Å². The summed E-state index contributed by atoms with van der Waals surface area (Å²) < 4.78 is 0. The van der Waals surface area contributed by atoms with Crippen molar-refractivity contribution in [1.29, 1.82) is 0 Å². The first kappa shape index (κ1) is 13.0. The first-order valence-electron chi connectivity index (χ1n) is 6.44. The van der Waals surface area contributed by atoms with E-state index >= 15 is 0 Å². The molecule has 1 heterocycles. The monoisotopic (exact) mass is 253 g/mol. The van der Waals surface area contributed by atoms with Crippen molar-refractivity contribution in [1.82, 2.24) is 9.88 Å². The van der Waals surface area contributed by atoms with E-state index in [-0.39, 0.29) is 5.54 Å². The molecule has 1 atom stereocenters. The lowest BCUT2D eigenvalue weighted by Gasteiger charge is -2.41. The third-order valence-electron chi connectivity index (χ3n) is 4.13. The molecule has 3 nitrogen and oxygen atoms in total. The fourth-order valence-electron chi connectivity index (χ4n) is 2.84. The van der Waals surface area contributed by atoms with Crippen molar-refractivity contribution in [3.05, 3.63) is 16.1 Å². The van der Waals surface area contributed by atoms with E-state index in [1.54, 1.807) is 11.3 Å². The molecule has 0 aliphatic heterocycles. The van der Waals surface area contributed by atoms with Crippen LogP contribution in [0.1, 0.15) is 36.9 Å². The minimum absolute atomic E-state index is 0.192. The van der Waals surface area contributed by atoms with Crippen LogP contribution in [-0.2, 0) is 6.54 Å². The fraction of sp³-hybridized carbons (Fsp3) is 0.769. The minimum atomic E-state index is 0.192. The number of likely N-dealkylation sites (N-methyl/N-ethyl adjacent to an activating group) is 1. The maximum Gasteiger partial charge on any atom is 0.0897 e. The van der Waals surface area contributed by atoms with E-state index in [1.165, 1.54) is 18.5 Å². The molecule has 1 aliphatic carbocycles. The second kappa shape index (κ2) is 5.04. The van der Waals surface area contributed by atoms with Crippen LogP contribution in [0.25, 0.3) is 0 Å². The maximum atomic E-state index is 6.06. The zero-order valence-corrected chi connectivity index (χ0v) is 11.9. The Bertz CT molecular complexity index is 366. The Labute approximate surface area is 108 Å². The second-order valence-corrected chi connectivity index (χ2v) is 6.21. The molecular weight excluding hydrogens is 230 g/mol. The van der Waals surface area contributed by atoms with Crippen molar-refractivity contribution in [2.75, 3.05) is 13.6 Å². The summed E-state index contributed by atoms with van der Waals surface area (Å²) in [6.45, 7) is 6.00. The average molecular weight is 253 g/mol. The number of hydrogen-bond donors (Lipinski definition) is 1. The van der Waals surface area contributed by atoms with Crippen molar-refractivity contribution in [2.24, 2.45) is 11.7 Å². The molecule has 1 aromatic rings. The van der Waals surface area contributed by atoms with Crippen LogP contribution >= 0.6 is 11.3 Å². The number of aryl methyl sites for hydroxylation is 1. The molecule has 1 aromatic heterocycles. The Morgan fingerprint density at radius 1 is 1.59 bits per heavy atom. The summed E-state index contributed by atoms with van der Waals surface area (Å²) in [5, 5.41) is 3.31. The highest BCUT2D eigenvalue weighted by Gasteiger charge is 2.45. The van der Waals surface area contributed by atoms with Crippen LogP contribution in [0.4, 0.5) is 0 Å². The Kier molecular flexibility index (Phi) is 3.85. The van der Waals surface area contributed by atoms with Gasteiger partial charge in [0.05, 0.1) is 10.7 Å². The summed E-state index contributed by atoms with van der Waals surface area (Å²) in [7, 11) is 2.20. The van der Waals surface area contributed by atoms with E-state index < -0.39 is 0 Å². The molecule has 96 valence electrons. The van der Waals surface area contributed by atoms with Gasteiger partial charge in [-0.05, 0) is 39.2 Å². The van der Waals surface area contributed by atoms with Gasteiger partial charge in [0, 0.05) is 24.0 Å². The van der Waals surface area contributed by atoms with Gasteiger partial charge in [-0.25, -0.2) is 4.98 Å². The fourth-order valence-corrected chi connectivity index (χ4v) is 3.44. The summed E-state index contributed by atoms with van der Waals surface area (Å²) in [5.41, 5.74) is 7.43. The van der Waals surface area contributed by atoms with Gasteiger partial charge in [-0.2, -0.15) is 0 Å². The summed E-state index contributed by atoms with van der Waals surface area (Å²) >= 11 is 1.73. The molecule has 0 aromatic carbocycles. The van der Waals surface area contributed by atoms with Gasteiger partial charge in [0.1, 0.15) is 0 Å². The second-order valence-electron chi connectivity index (χ2n) is 5.15. The van der Waals surface area contributed by atoms with Crippen LogP contribution in [0, 0.1) is 12.8 Å². The molecule has 0 saturated heterocycles. The van der Waals surface area contributed by atoms with Crippen molar-refractivity contribution in [2.45, 2.75) is 45.2 Å². The number of nitrogens with zero attached hydrogens (tertiary/aromatic N) is 2. The lowest BCUT2D eigenvalue weighted by Crippen LogP contribution is -2.53. The lowest BCUT2D eigenvalue weighted by molar-refractivity contribution is 0.0880. The molecule has 0 bridgehead atoms. The maximum absolute atomic E-state index is 6.06. The Hall–Kier alpha value is -0.450. The SMILES string of the molecule is CCC(CN)(C1CC1)N(C)Cc1csc(C)n1. The third kappa shape index (κ3) is 2.54. The lowest BCUT2D eigenvalue weighted by atomic mass is 9.88. The zero-order valence-electron chi connectivity index (χ0n) is 11.1. The Balaban J connectivity index is 2.08. The van der Waals surface area contributed by atoms with Crippen molar-refractivity contribution in [3.63, 3.8) is 0 Å². The van der Waals surface area contributed by atoms with Gasteiger partial charge in [0.25, 0.3) is 0 Å². The number of nitrogens with two attached hydrogens (primary N) is 1. The number of rotatable bonds is 6. The highest BCUT2D eigenvalue weighted by atomic mass is 32.1. The van der Waals surface area contributed by atoms with Crippen molar-refractivity contribution < 1.29 is 0 Å². The highest BCUT2D eigenvalue weighted by molar-refractivity contribution is 7.09. The average Bonchev–Trinajstić information content (AvgIpc) is 3.07. The number of hydrogen-bond acceptors (Lipinski definition) is 4. The topological polar surface area (TPSA) is 42.1 Å². The summed E-state index contributed by atoms with van der Waals surface area (Å²) in [5.74, 6) is 0.794. The van der Waals surface area contributed by atoms with Crippen LogP contribution < -0.4 is 5.73 Å². The predicted molar refractivity (Wildman–Crippen MR) is 73.1 cm³/mol. The van der Waals surface area contributed by atoms with Gasteiger partial charge in [0.2, 0.25) is 0 Å². The molecule has 0 radical (unpaired) electrons. The summed E-state index contributed by atoms with van der Waals surface area (Å²) in [4.78, 5) is 6.98. The zero-order chi connectivity index (χ0) is 12.5. The first-order chi connectivity index (χ1) is 8.12. The van der Waals surface area contributed by atoms with Crippen LogP contribution in [0.15, 0.2) is 5.38 Å². The van der Waals surface area contributed by atoms with Crippen molar-refractivity contribution in [3.8, 4) is 0 Å². The Morgan fingerprint density at radius 2 is 2.29 bits per heavy atom. The minimum Gasteiger partial charge on any atom is -0.329 e. The smallest absolute Gasteiger partial charge is 0.0897 e. The molecule has 0 spiro atoms. The van der Waals surface area contributed by atoms with Gasteiger partial charge in [0.15, 0.2) is 0 Å². The van der Waals surface area contributed by atoms with Crippen LogP contribution in [0.5, 0.6) is 0 Å². The van der Waals surface area contributed by atoms with E-state index in [1.807, 2.05) is 0 Å². The number of aromatic nitrogens is 1. The highest BCUT2D eigenvalue weighted by Crippen LogP contribution is 2.44. The van der Waals surface area contributed by atoms with E-state index in [2.05, 4.69) is 36.2 Å². The van der Waals surface area contributed by atoms with Crippen LogP contribution in [-0.4, -0.2) is 29.0 Å². The first-order valence-corrected chi connectivity index (χ1v) is 7.32. The van der Waals surface area contributed by atoms with Crippen LogP contribution in [0.2, 0.25) is 0 Å². The molecule has 1 saturated carbocycles. The molecule has 17 heavy (non-hydrogen) atoms. The molecular formula is C13H23N3S. The van der Waals surface area contributed by atoms with E-state index in [0.717, 1.165) is 30.4 Å². The van der Waals surface area contributed by atoms with E-state index in [9.17, 15) is 0 Å². The summed E-state index contributed by atoms with van der Waals surface area (Å²) in [6, 6.07) is 0. The standard InChI is InChI=1S/C13H23N3S/c1-4-13(9-14,11-5-6-11)16(3)7-12-8-17-10(2)15-12/h8,11H,4-7,9,14H2,1-3H3. The van der Waals surface area contributed by atoms with Gasteiger partial charge in [-0.1, -0.05) is 6.92 Å². The van der Waals surface area contributed by atoms with E-state index in [4.69, 9.17) is 5.73 Å². The van der Waals surface area contributed by atoms with Gasteiger partial charge < -0.3 is 5.73 Å². The molecule has 1 fully saturated rings. The molecule has 2 rings (SSSR count). The van der Waals surface area contributed by atoms with Crippen LogP contribution in [0.3, 0.4) is 0 Å². The normalized spacial score (nSPS) is 19.6. The molecule has 1 aliphatic rings. The predicted octanol–water partition coefficient (Wildman–Crippen LogP) is 2.40. The summed E-state index contributed by atoms with van der Waals surface area (Å²) in [6.07, 6.45) is 3.81. The van der Waals surface area contributed by atoms with Gasteiger partial charge in [-0.3, -0.25) is 4.90 Å². The van der Waals surface area contributed by atoms with Gasteiger partial charge >= 0.3 is 0 Å². The molecule has 0 amide bonds. The van der Waals surface area contributed by atoms with E-state index in [0.29, 0.717) is 0 Å².